The van der Waals surface area contributed by atoms with Gasteiger partial charge < -0.3 is 19.9 Å². The molecule has 0 spiro atoms. The third-order valence-electron chi connectivity index (χ3n) is 2.48. The second-order valence-corrected chi connectivity index (χ2v) is 3.82. The number of nitrogens with one attached hydrogen (secondary N) is 1. The molecule has 5 heteroatoms. The summed E-state index contributed by atoms with van der Waals surface area (Å²) in [6.07, 6.45) is 1.21. The summed E-state index contributed by atoms with van der Waals surface area (Å²) in [5.41, 5.74) is 1.79. The number of hydrogen-bond acceptors (Lipinski definition) is 4. The Morgan fingerprint density at radius 1 is 1.33 bits per heavy atom. The van der Waals surface area contributed by atoms with Crippen molar-refractivity contribution >= 4 is 11.7 Å². The standard InChI is InChI=1S/C13H13NO4/c15-7-9-2-1-3-11(4-9)14-6-12-5-10(8-18-12)13(16)17/h1-5,8,14-15H,6-7H2,(H,16,17). The zero-order valence-electron chi connectivity index (χ0n) is 9.59. The zero-order valence-corrected chi connectivity index (χ0v) is 9.59. The van der Waals surface area contributed by atoms with Gasteiger partial charge in [0.15, 0.2) is 0 Å². The molecule has 0 aliphatic heterocycles. The van der Waals surface area contributed by atoms with Crippen LogP contribution in [0.15, 0.2) is 41.0 Å². The Labute approximate surface area is 104 Å². The third-order valence-corrected chi connectivity index (χ3v) is 2.48. The maximum atomic E-state index is 10.7. The van der Waals surface area contributed by atoms with Crippen LogP contribution in [0, 0.1) is 0 Å². The summed E-state index contributed by atoms with van der Waals surface area (Å²) < 4.78 is 5.11. The molecule has 94 valence electrons. The lowest BCUT2D eigenvalue weighted by Crippen LogP contribution is -1.99. The topological polar surface area (TPSA) is 82.7 Å². The molecule has 18 heavy (non-hydrogen) atoms. The van der Waals surface area contributed by atoms with Crippen molar-refractivity contribution in [2.24, 2.45) is 0 Å². The number of carboxylic acids is 1. The number of aliphatic hydroxyl groups excluding tert-OH is 1. The van der Waals surface area contributed by atoms with E-state index < -0.39 is 5.97 Å². The van der Waals surface area contributed by atoms with E-state index in [4.69, 9.17) is 14.6 Å². The molecule has 0 amide bonds. The Morgan fingerprint density at radius 3 is 2.83 bits per heavy atom. The lowest BCUT2D eigenvalue weighted by molar-refractivity contribution is 0.0696. The maximum Gasteiger partial charge on any atom is 0.338 e. The van der Waals surface area contributed by atoms with Crippen molar-refractivity contribution in [2.75, 3.05) is 5.32 Å². The molecular weight excluding hydrogens is 234 g/mol. The van der Waals surface area contributed by atoms with Gasteiger partial charge in [0.05, 0.1) is 18.7 Å². The van der Waals surface area contributed by atoms with Crippen LogP contribution in [0.1, 0.15) is 21.7 Å². The predicted molar refractivity (Wildman–Crippen MR) is 65.4 cm³/mol. The number of carboxylic acid groups (broad SMARTS) is 1. The van der Waals surface area contributed by atoms with Crippen LogP contribution in [0.25, 0.3) is 0 Å². The predicted octanol–water partition coefficient (Wildman–Crippen LogP) is 2.08. The van der Waals surface area contributed by atoms with Crippen LogP contribution in [0.4, 0.5) is 5.69 Å². The van der Waals surface area contributed by atoms with E-state index in [1.54, 1.807) is 0 Å². The van der Waals surface area contributed by atoms with Crippen LogP contribution < -0.4 is 5.32 Å². The molecule has 0 unspecified atom stereocenters. The molecule has 0 aliphatic carbocycles. The molecule has 0 aliphatic rings. The molecule has 1 aromatic heterocycles. The number of carbonyl (C=O) groups is 1. The Hall–Kier alpha value is -2.27. The number of furan rings is 1. The minimum absolute atomic E-state index is 0.0145. The number of hydrogen-bond donors (Lipinski definition) is 3. The lowest BCUT2D eigenvalue weighted by atomic mass is 10.2. The first-order valence-corrected chi connectivity index (χ1v) is 5.43. The third kappa shape index (κ3) is 2.89. The summed E-state index contributed by atoms with van der Waals surface area (Å²) in [7, 11) is 0. The van der Waals surface area contributed by atoms with E-state index in [0.29, 0.717) is 12.3 Å². The average molecular weight is 247 g/mol. The van der Waals surface area contributed by atoms with Gasteiger partial charge in [-0.15, -0.1) is 0 Å². The first-order valence-electron chi connectivity index (χ1n) is 5.43. The number of aromatic carboxylic acids is 1. The van der Waals surface area contributed by atoms with Gasteiger partial charge in [-0.1, -0.05) is 12.1 Å². The Kier molecular flexibility index (Phi) is 3.64. The van der Waals surface area contributed by atoms with E-state index in [9.17, 15) is 4.79 Å². The quantitative estimate of drug-likeness (QED) is 0.753. The van der Waals surface area contributed by atoms with Crippen molar-refractivity contribution < 1.29 is 19.4 Å². The number of rotatable bonds is 5. The van der Waals surface area contributed by atoms with Gasteiger partial charge in [-0.2, -0.15) is 0 Å². The fourth-order valence-electron chi connectivity index (χ4n) is 1.55. The second-order valence-electron chi connectivity index (χ2n) is 3.82. The van der Waals surface area contributed by atoms with Crippen LogP contribution in [-0.2, 0) is 13.2 Å². The molecule has 3 N–H and O–H groups in total. The van der Waals surface area contributed by atoms with Gasteiger partial charge in [-0.25, -0.2) is 4.79 Å². The molecule has 0 saturated heterocycles. The molecule has 2 aromatic rings. The van der Waals surface area contributed by atoms with Crippen LogP contribution in [0.2, 0.25) is 0 Å². The maximum absolute atomic E-state index is 10.7. The Morgan fingerprint density at radius 2 is 2.17 bits per heavy atom. The molecule has 1 aromatic carbocycles. The van der Waals surface area contributed by atoms with Gasteiger partial charge in [0.2, 0.25) is 0 Å². The minimum atomic E-state index is -1.01. The average Bonchev–Trinajstić information content (AvgIpc) is 2.85. The van der Waals surface area contributed by atoms with Crippen LogP contribution in [0.3, 0.4) is 0 Å². The first-order chi connectivity index (χ1) is 8.69. The second kappa shape index (κ2) is 5.37. The van der Waals surface area contributed by atoms with Gasteiger partial charge in [0, 0.05) is 5.69 Å². The fraction of sp³-hybridized carbons (Fsp3) is 0.154. The van der Waals surface area contributed by atoms with E-state index in [0.717, 1.165) is 11.3 Å². The Balaban J connectivity index is 1.99. The molecule has 0 saturated carbocycles. The minimum Gasteiger partial charge on any atom is -0.478 e. The monoisotopic (exact) mass is 247 g/mol. The number of aliphatic hydroxyl groups is 1. The summed E-state index contributed by atoms with van der Waals surface area (Å²) in [6.45, 7) is 0.377. The van der Waals surface area contributed by atoms with Gasteiger partial charge in [-0.3, -0.25) is 0 Å². The molecule has 0 atom stereocenters. The summed E-state index contributed by atoms with van der Waals surface area (Å²) in [5.74, 6) is -0.464. The summed E-state index contributed by atoms with van der Waals surface area (Å²) in [5, 5.41) is 20.8. The summed E-state index contributed by atoms with van der Waals surface area (Å²) >= 11 is 0. The molecule has 0 fully saturated rings. The first kappa shape index (κ1) is 12.2. The van der Waals surface area contributed by atoms with E-state index in [1.807, 2.05) is 24.3 Å². The highest BCUT2D eigenvalue weighted by atomic mass is 16.4. The van der Waals surface area contributed by atoms with Crippen molar-refractivity contribution in [1.82, 2.24) is 0 Å². The van der Waals surface area contributed by atoms with Crippen LogP contribution in [-0.4, -0.2) is 16.2 Å². The molecule has 0 radical (unpaired) electrons. The largest absolute Gasteiger partial charge is 0.478 e. The smallest absolute Gasteiger partial charge is 0.338 e. The molecule has 2 rings (SSSR count). The van der Waals surface area contributed by atoms with Crippen molar-refractivity contribution in [1.29, 1.82) is 0 Å². The van der Waals surface area contributed by atoms with Crippen molar-refractivity contribution in [3.05, 3.63) is 53.5 Å². The van der Waals surface area contributed by atoms with Crippen molar-refractivity contribution in [2.45, 2.75) is 13.2 Å². The molecule has 0 bridgehead atoms. The van der Waals surface area contributed by atoms with E-state index in [2.05, 4.69) is 5.32 Å². The van der Waals surface area contributed by atoms with Crippen LogP contribution in [0.5, 0.6) is 0 Å². The molecular formula is C13H13NO4. The number of anilines is 1. The van der Waals surface area contributed by atoms with Crippen molar-refractivity contribution in [3.63, 3.8) is 0 Å². The molecule has 1 heterocycles. The highest BCUT2D eigenvalue weighted by Crippen LogP contribution is 2.14. The van der Waals surface area contributed by atoms with Crippen molar-refractivity contribution in [3.8, 4) is 0 Å². The van der Waals surface area contributed by atoms with Gasteiger partial charge in [0.25, 0.3) is 0 Å². The highest BCUT2D eigenvalue weighted by molar-refractivity contribution is 5.87. The SMILES string of the molecule is O=C(O)c1coc(CNc2cccc(CO)c2)c1. The lowest BCUT2D eigenvalue weighted by Gasteiger charge is -2.05. The molecule has 5 nitrogen and oxygen atoms in total. The summed E-state index contributed by atoms with van der Waals surface area (Å²) in [4.78, 5) is 10.7. The van der Waals surface area contributed by atoms with E-state index in [1.165, 1.54) is 12.3 Å². The van der Waals surface area contributed by atoms with Gasteiger partial charge in [-0.05, 0) is 23.8 Å². The van der Waals surface area contributed by atoms with Crippen LogP contribution >= 0.6 is 0 Å². The highest BCUT2D eigenvalue weighted by Gasteiger charge is 2.07. The number of benzene rings is 1. The van der Waals surface area contributed by atoms with Gasteiger partial charge in [0.1, 0.15) is 12.0 Å². The normalized spacial score (nSPS) is 10.3. The fourth-order valence-corrected chi connectivity index (χ4v) is 1.55. The summed E-state index contributed by atoms with van der Waals surface area (Å²) in [6, 6.07) is 8.81. The van der Waals surface area contributed by atoms with E-state index >= 15 is 0 Å². The van der Waals surface area contributed by atoms with Gasteiger partial charge >= 0.3 is 5.97 Å². The Bertz CT molecular complexity index is 547. The zero-order chi connectivity index (χ0) is 13.0. The van der Waals surface area contributed by atoms with E-state index in [-0.39, 0.29) is 12.2 Å².